The number of non-ortho nitro benzene ring substituents is 1. The second kappa shape index (κ2) is 12.2. The van der Waals surface area contributed by atoms with E-state index < -0.39 is 10.9 Å². The van der Waals surface area contributed by atoms with Gasteiger partial charge in [0.2, 0.25) is 0 Å². The third-order valence-electron chi connectivity index (χ3n) is 8.28. The van der Waals surface area contributed by atoms with Crippen molar-refractivity contribution in [2.24, 2.45) is 4.99 Å². The van der Waals surface area contributed by atoms with Crippen molar-refractivity contribution in [3.05, 3.63) is 154 Å². The van der Waals surface area contributed by atoms with Gasteiger partial charge < -0.3 is 14.2 Å². The Bertz CT molecular complexity index is 2290. The van der Waals surface area contributed by atoms with Gasteiger partial charge in [0, 0.05) is 17.7 Å². The summed E-state index contributed by atoms with van der Waals surface area (Å²) in [7, 11) is 3.18. The largest absolute Gasteiger partial charge is 0.493 e. The van der Waals surface area contributed by atoms with Gasteiger partial charge in [-0.1, -0.05) is 59.9 Å². The number of aryl methyl sites for hydroxylation is 1. The molecule has 2 heterocycles. The molecule has 7 rings (SSSR count). The minimum atomic E-state index is -0.713. The molecule has 1 aliphatic heterocycles. The van der Waals surface area contributed by atoms with Crippen LogP contribution in [0.15, 0.2) is 106 Å². The van der Waals surface area contributed by atoms with Crippen molar-refractivity contribution >= 4 is 34.8 Å². The summed E-state index contributed by atoms with van der Waals surface area (Å²) in [5, 5.41) is 11.1. The molecule has 1 aromatic heterocycles. The summed E-state index contributed by atoms with van der Waals surface area (Å²) in [6.45, 7) is 0. The lowest BCUT2D eigenvalue weighted by Gasteiger charge is -2.31. The second-order valence-electron chi connectivity index (χ2n) is 11.0. The topological polar surface area (TPSA) is 122 Å². The van der Waals surface area contributed by atoms with Crippen LogP contribution < -0.4 is 29.1 Å². The van der Waals surface area contributed by atoms with Crippen LogP contribution in [0.2, 0.25) is 0 Å². The van der Waals surface area contributed by atoms with Gasteiger partial charge in [-0.15, -0.1) is 0 Å². The van der Waals surface area contributed by atoms with E-state index in [2.05, 4.69) is 12.1 Å². The number of esters is 1. The number of nitro benzene ring substituents is 1. The number of fused-ring (bicyclic) bond motifs is 3. The minimum Gasteiger partial charge on any atom is -0.493 e. The molecule has 0 N–H and O–H groups in total. The Hall–Kier alpha value is -5.81. The van der Waals surface area contributed by atoms with Crippen LogP contribution in [0.1, 0.15) is 45.1 Å². The van der Waals surface area contributed by atoms with Gasteiger partial charge in [0.05, 0.1) is 41.0 Å². The SMILES string of the molecule is COc1ccc([C@H]2C3=C(N=c4s/c(=C/c5ccc(OC(=O)c6cccc([N+](=O)[O-])c6)cc5)c(=O)n42)c2ccccc2CC3)cc1OC. The average molecular weight is 646 g/mol. The molecule has 1 atom stereocenters. The first-order valence-electron chi connectivity index (χ1n) is 14.8. The highest BCUT2D eigenvalue weighted by Crippen LogP contribution is 2.42. The van der Waals surface area contributed by atoms with Gasteiger partial charge in [-0.05, 0) is 71.5 Å². The Morgan fingerprint density at radius 3 is 2.51 bits per heavy atom. The van der Waals surface area contributed by atoms with Crippen LogP contribution in [-0.2, 0) is 6.42 Å². The van der Waals surface area contributed by atoms with Crippen LogP contribution in [0.25, 0.3) is 11.8 Å². The molecular formula is C36H27N3O7S. The zero-order chi connectivity index (χ0) is 32.7. The molecule has 47 heavy (non-hydrogen) atoms. The number of methoxy groups -OCH3 is 2. The number of carbonyl (C=O) groups is 1. The highest BCUT2D eigenvalue weighted by atomic mass is 32.1. The molecule has 1 aliphatic carbocycles. The standard InChI is InChI=1S/C36H27N3O7S/c1-44-29-17-13-23(20-30(29)45-2)33-28-16-12-22-6-3-4-9-27(22)32(28)37-36-38(33)34(40)31(47-36)18-21-10-14-26(15-11-21)46-35(41)24-7-5-8-25(19-24)39(42)43/h3-11,13-15,17-20,33H,12,16H2,1-2H3/b31-18+/t33-/m0/s1. The third kappa shape index (κ3) is 5.50. The van der Waals surface area contributed by atoms with Gasteiger partial charge in [-0.2, -0.15) is 0 Å². The highest BCUT2D eigenvalue weighted by Gasteiger charge is 2.33. The predicted molar refractivity (Wildman–Crippen MR) is 177 cm³/mol. The molecule has 0 bridgehead atoms. The van der Waals surface area contributed by atoms with Crippen LogP contribution in [0, 0.1) is 10.1 Å². The Balaban J connectivity index is 1.27. The summed E-state index contributed by atoms with van der Waals surface area (Å²) in [5.74, 6) is 0.732. The summed E-state index contributed by atoms with van der Waals surface area (Å²) in [4.78, 5) is 42.9. The van der Waals surface area contributed by atoms with E-state index in [1.807, 2.05) is 30.3 Å². The van der Waals surface area contributed by atoms with Gasteiger partial charge in [0.1, 0.15) is 5.75 Å². The molecule has 0 amide bonds. The number of thiazole rings is 1. The first kappa shape index (κ1) is 29.9. The van der Waals surface area contributed by atoms with Crippen molar-refractivity contribution in [1.82, 2.24) is 4.57 Å². The van der Waals surface area contributed by atoms with E-state index in [9.17, 15) is 19.7 Å². The fraction of sp³-hybridized carbons (Fsp3) is 0.139. The predicted octanol–water partition coefficient (Wildman–Crippen LogP) is 5.46. The molecule has 0 radical (unpaired) electrons. The lowest BCUT2D eigenvalue weighted by Crippen LogP contribution is -2.38. The Labute approximate surface area is 272 Å². The number of ether oxygens (including phenoxy) is 3. The monoisotopic (exact) mass is 645 g/mol. The maximum Gasteiger partial charge on any atom is 0.343 e. The van der Waals surface area contributed by atoms with Crippen LogP contribution in [0.5, 0.6) is 17.2 Å². The number of nitro groups is 1. The van der Waals surface area contributed by atoms with Crippen molar-refractivity contribution in [3.63, 3.8) is 0 Å². The molecule has 0 saturated heterocycles. The molecule has 0 spiro atoms. The van der Waals surface area contributed by atoms with Gasteiger partial charge in [0.25, 0.3) is 11.2 Å². The Kier molecular flexibility index (Phi) is 7.74. The number of carbonyl (C=O) groups excluding carboxylic acids is 1. The Morgan fingerprint density at radius 1 is 0.957 bits per heavy atom. The number of hydrogen-bond donors (Lipinski definition) is 0. The van der Waals surface area contributed by atoms with Crippen molar-refractivity contribution in [3.8, 4) is 17.2 Å². The second-order valence-corrected chi connectivity index (χ2v) is 12.0. The van der Waals surface area contributed by atoms with E-state index in [4.69, 9.17) is 19.2 Å². The zero-order valence-corrected chi connectivity index (χ0v) is 26.2. The third-order valence-corrected chi connectivity index (χ3v) is 9.26. The summed E-state index contributed by atoms with van der Waals surface area (Å²) < 4.78 is 18.8. The van der Waals surface area contributed by atoms with Gasteiger partial charge in [0.15, 0.2) is 16.3 Å². The molecule has 234 valence electrons. The number of nitrogens with zero attached hydrogens (tertiary/aromatic N) is 3. The van der Waals surface area contributed by atoms with E-state index in [1.165, 1.54) is 41.2 Å². The summed E-state index contributed by atoms with van der Waals surface area (Å²) in [6.07, 6.45) is 3.39. The molecular weight excluding hydrogens is 618 g/mol. The van der Waals surface area contributed by atoms with Crippen molar-refractivity contribution < 1.29 is 23.9 Å². The molecule has 0 saturated carbocycles. The molecule has 0 unspecified atom stereocenters. The van der Waals surface area contributed by atoms with Crippen LogP contribution in [-0.4, -0.2) is 29.7 Å². The maximum atomic E-state index is 14.1. The normalized spacial score (nSPS) is 15.2. The van der Waals surface area contributed by atoms with Crippen molar-refractivity contribution in [2.45, 2.75) is 18.9 Å². The molecule has 2 aliphatic rings. The lowest BCUT2D eigenvalue weighted by atomic mass is 9.83. The molecule has 11 heteroatoms. The van der Waals surface area contributed by atoms with Gasteiger partial charge in [-0.25, -0.2) is 9.79 Å². The van der Waals surface area contributed by atoms with E-state index in [0.717, 1.165) is 40.8 Å². The first-order chi connectivity index (χ1) is 22.8. The molecule has 4 aromatic carbocycles. The number of rotatable bonds is 7. The van der Waals surface area contributed by atoms with Crippen molar-refractivity contribution in [1.29, 1.82) is 0 Å². The quantitative estimate of drug-likeness (QED) is 0.0997. The van der Waals surface area contributed by atoms with Gasteiger partial charge >= 0.3 is 5.97 Å². The summed E-state index contributed by atoms with van der Waals surface area (Å²) >= 11 is 1.32. The smallest absolute Gasteiger partial charge is 0.343 e. The molecule has 0 fully saturated rings. The maximum absolute atomic E-state index is 14.1. The van der Waals surface area contributed by atoms with Crippen LogP contribution in [0.3, 0.4) is 0 Å². The van der Waals surface area contributed by atoms with Crippen LogP contribution >= 0.6 is 11.3 Å². The minimum absolute atomic E-state index is 0.0683. The molecule has 5 aromatic rings. The van der Waals surface area contributed by atoms with Gasteiger partial charge in [-0.3, -0.25) is 19.5 Å². The fourth-order valence-corrected chi connectivity index (χ4v) is 7.04. The highest BCUT2D eigenvalue weighted by molar-refractivity contribution is 7.07. The van der Waals surface area contributed by atoms with Crippen molar-refractivity contribution in [2.75, 3.05) is 14.2 Å². The number of hydrogen-bond acceptors (Lipinski definition) is 9. The average Bonchev–Trinajstić information content (AvgIpc) is 3.41. The van der Waals surface area contributed by atoms with E-state index in [0.29, 0.717) is 20.8 Å². The molecule has 10 nitrogen and oxygen atoms in total. The first-order valence-corrected chi connectivity index (χ1v) is 15.6. The van der Waals surface area contributed by atoms with Crippen LogP contribution in [0.4, 0.5) is 5.69 Å². The lowest BCUT2D eigenvalue weighted by molar-refractivity contribution is -0.384. The number of aromatic nitrogens is 1. The summed E-state index contributed by atoms with van der Waals surface area (Å²) in [5.41, 5.74) is 5.60. The van der Waals surface area contributed by atoms with E-state index >= 15 is 0 Å². The number of benzene rings is 4. The Morgan fingerprint density at radius 2 is 1.74 bits per heavy atom. The zero-order valence-electron chi connectivity index (χ0n) is 25.3. The fourth-order valence-electron chi connectivity index (χ4n) is 6.04. The van der Waals surface area contributed by atoms with E-state index in [1.54, 1.807) is 49.1 Å². The number of allylic oxidation sites excluding steroid dienone is 1. The summed E-state index contributed by atoms with van der Waals surface area (Å²) in [6, 6.07) is 25.7. The van der Waals surface area contributed by atoms with E-state index in [-0.39, 0.29) is 28.6 Å².